The van der Waals surface area contributed by atoms with E-state index in [0.717, 1.165) is 50.4 Å². The Morgan fingerprint density at radius 1 is 1.05 bits per heavy atom. The lowest BCUT2D eigenvalue weighted by Gasteiger charge is -2.31. The number of aliphatic carboxylic acids is 1. The average molecular weight is 614 g/mol. The summed E-state index contributed by atoms with van der Waals surface area (Å²) in [5.41, 5.74) is 2.47. The molecular weight excluding hydrogens is 579 g/mol. The van der Waals surface area contributed by atoms with Gasteiger partial charge in [-0.2, -0.15) is 13.2 Å². The fourth-order valence-electron chi connectivity index (χ4n) is 4.38. The second-order valence-electron chi connectivity index (χ2n) is 9.78. The number of carboxylic acids is 1. The van der Waals surface area contributed by atoms with Gasteiger partial charge in [0, 0.05) is 57.8 Å². The van der Waals surface area contributed by atoms with E-state index in [1.807, 2.05) is 11.8 Å². The lowest BCUT2D eigenvalue weighted by atomic mass is 10.1. The van der Waals surface area contributed by atoms with Crippen molar-refractivity contribution in [3.8, 4) is 0 Å². The SMILES string of the molecule is Cc1ccc(S(=O)(=O)Nc2cc(C(=O)NCCCN3CCCC3=O)ccc2N2CCNCC2)cc1.O=C(O)C(F)(F)F. The molecule has 2 aromatic carbocycles. The van der Waals surface area contributed by atoms with Crippen LogP contribution in [0.4, 0.5) is 24.5 Å². The molecule has 4 rings (SSSR count). The number of hydrogen-bond acceptors (Lipinski definition) is 7. The molecule has 2 amide bonds. The van der Waals surface area contributed by atoms with E-state index in [4.69, 9.17) is 9.90 Å². The third-order valence-corrected chi connectivity index (χ3v) is 7.98. The molecule has 0 bridgehead atoms. The Morgan fingerprint density at radius 2 is 1.69 bits per heavy atom. The fraction of sp³-hybridized carbons (Fsp3) is 0.444. The highest BCUT2D eigenvalue weighted by molar-refractivity contribution is 7.92. The minimum Gasteiger partial charge on any atom is -0.475 e. The van der Waals surface area contributed by atoms with Crippen LogP contribution in [-0.4, -0.2) is 88.2 Å². The number of amides is 2. The van der Waals surface area contributed by atoms with Gasteiger partial charge < -0.3 is 25.5 Å². The first-order chi connectivity index (χ1) is 19.8. The number of hydrogen-bond donors (Lipinski definition) is 4. The van der Waals surface area contributed by atoms with Gasteiger partial charge >= 0.3 is 12.1 Å². The monoisotopic (exact) mass is 613 g/mol. The summed E-state index contributed by atoms with van der Waals surface area (Å²) in [5.74, 6) is -2.86. The minimum absolute atomic E-state index is 0.167. The average Bonchev–Trinajstić information content (AvgIpc) is 3.35. The number of anilines is 2. The molecule has 0 aliphatic carbocycles. The molecule has 2 heterocycles. The van der Waals surface area contributed by atoms with Crippen molar-refractivity contribution in [3.63, 3.8) is 0 Å². The van der Waals surface area contributed by atoms with E-state index in [0.29, 0.717) is 37.2 Å². The van der Waals surface area contributed by atoms with Crippen molar-refractivity contribution in [3.05, 3.63) is 53.6 Å². The Balaban J connectivity index is 0.000000616. The molecule has 2 fully saturated rings. The van der Waals surface area contributed by atoms with Crippen LogP contribution in [0.2, 0.25) is 0 Å². The van der Waals surface area contributed by atoms with Gasteiger partial charge in [-0.3, -0.25) is 14.3 Å². The normalized spacial score (nSPS) is 15.6. The highest BCUT2D eigenvalue weighted by Crippen LogP contribution is 2.30. The van der Waals surface area contributed by atoms with Crippen molar-refractivity contribution in [1.29, 1.82) is 0 Å². The lowest BCUT2D eigenvalue weighted by Crippen LogP contribution is -2.43. The molecule has 15 heteroatoms. The number of alkyl halides is 3. The third-order valence-electron chi connectivity index (χ3n) is 6.60. The maximum absolute atomic E-state index is 13.1. The molecule has 11 nitrogen and oxygen atoms in total. The van der Waals surface area contributed by atoms with E-state index in [-0.39, 0.29) is 16.7 Å². The zero-order valence-corrected chi connectivity index (χ0v) is 23.9. The van der Waals surface area contributed by atoms with Crippen molar-refractivity contribution in [2.45, 2.75) is 37.3 Å². The van der Waals surface area contributed by atoms with Gasteiger partial charge in [-0.15, -0.1) is 0 Å². The standard InChI is InChI=1S/C25H33N5O4S.C2HF3O2/c1-19-5-8-21(9-6-19)35(33,34)28-22-18-20(7-10-23(22)29-16-12-26-13-17-29)25(32)27-11-3-15-30-14-2-4-24(30)31;3-2(4,5)1(6)7/h5-10,18,26,28H,2-4,11-17H2,1H3,(H,27,32);(H,6,7). The molecule has 0 unspecified atom stereocenters. The maximum Gasteiger partial charge on any atom is 0.490 e. The largest absolute Gasteiger partial charge is 0.490 e. The molecule has 2 saturated heterocycles. The Hall–Kier alpha value is -3.85. The first-order valence-electron chi connectivity index (χ1n) is 13.3. The summed E-state index contributed by atoms with van der Waals surface area (Å²) < 4.78 is 60.7. The molecule has 230 valence electrons. The molecule has 4 N–H and O–H groups in total. The number of halogens is 3. The fourth-order valence-corrected chi connectivity index (χ4v) is 5.44. The molecular formula is C27H34F3N5O6S. The van der Waals surface area contributed by atoms with Gasteiger partial charge in [0.1, 0.15) is 0 Å². The lowest BCUT2D eigenvalue weighted by molar-refractivity contribution is -0.192. The van der Waals surface area contributed by atoms with Crippen molar-refractivity contribution in [2.75, 3.05) is 55.4 Å². The first kappa shape index (κ1) is 32.7. The van der Waals surface area contributed by atoms with Gasteiger partial charge in [-0.1, -0.05) is 17.7 Å². The molecule has 2 aromatic rings. The molecule has 2 aliphatic heterocycles. The van der Waals surface area contributed by atoms with Crippen LogP contribution < -0.4 is 20.3 Å². The van der Waals surface area contributed by atoms with Crippen molar-refractivity contribution >= 4 is 39.2 Å². The highest BCUT2D eigenvalue weighted by Gasteiger charge is 2.38. The Morgan fingerprint density at radius 3 is 2.26 bits per heavy atom. The number of carbonyl (C=O) groups excluding carboxylic acids is 2. The number of nitrogens with zero attached hydrogens (tertiary/aromatic N) is 2. The van der Waals surface area contributed by atoms with Crippen LogP contribution in [0, 0.1) is 6.92 Å². The summed E-state index contributed by atoms with van der Waals surface area (Å²) >= 11 is 0. The van der Waals surface area contributed by atoms with Gasteiger partial charge in [0.05, 0.1) is 16.3 Å². The zero-order chi connectivity index (χ0) is 30.9. The van der Waals surface area contributed by atoms with Crippen LogP contribution in [0.25, 0.3) is 0 Å². The second kappa shape index (κ2) is 14.4. The summed E-state index contributed by atoms with van der Waals surface area (Å²) in [5, 5.41) is 13.3. The highest BCUT2D eigenvalue weighted by atomic mass is 32.2. The first-order valence-corrected chi connectivity index (χ1v) is 14.8. The molecule has 2 aliphatic rings. The van der Waals surface area contributed by atoms with E-state index in [9.17, 15) is 31.2 Å². The summed E-state index contributed by atoms with van der Waals surface area (Å²) in [4.78, 5) is 37.6. The number of rotatable bonds is 9. The number of piperazine rings is 1. The van der Waals surface area contributed by atoms with Crippen molar-refractivity contribution in [1.82, 2.24) is 15.5 Å². The van der Waals surface area contributed by atoms with E-state index >= 15 is 0 Å². The molecule has 0 radical (unpaired) electrons. The summed E-state index contributed by atoms with van der Waals surface area (Å²) in [6.45, 7) is 6.81. The molecule has 0 aromatic heterocycles. The van der Waals surface area contributed by atoms with Crippen molar-refractivity contribution in [2.24, 2.45) is 0 Å². The molecule has 42 heavy (non-hydrogen) atoms. The summed E-state index contributed by atoms with van der Waals surface area (Å²) in [6.07, 6.45) is -2.91. The van der Waals surface area contributed by atoms with Crippen LogP contribution in [-0.2, 0) is 19.6 Å². The van der Waals surface area contributed by atoms with Gasteiger partial charge in [-0.05, 0) is 50.1 Å². The minimum atomic E-state index is -5.08. The predicted octanol–water partition coefficient (Wildman–Crippen LogP) is 2.58. The van der Waals surface area contributed by atoms with Crippen LogP contribution in [0.5, 0.6) is 0 Å². The Labute approximate surface area is 242 Å². The predicted molar refractivity (Wildman–Crippen MR) is 150 cm³/mol. The number of benzene rings is 2. The molecule has 0 spiro atoms. The van der Waals surface area contributed by atoms with E-state index < -0.39 is 22.2 Å². The Bertz CT molecular complexity index is 1360. The summed E-state index contributed by atoms with van der Waals surface area (Å²) in [7, 11) is -3.83. The van der Waals surface area contributed by atoms with Gasteiger partial charge in [0.2, 0.25) is 5.91 Å². The van der Waals surface area contributed by atoms with Gasteiger partial charge in [0.15, 0.2) is 0 Å². The molecule has 0 atom stereocenters. The van der Waals surface area contributed by atoms with E-state index in [1.165, 1.54) is 0 Å². The zero-order valence-electron chi connectivity index (χ0n) is 23.0. The third kappa shape index (κ3) is 9.34. The van der Waals surface area contributed by atoms with Crippen LogP contribution in [0.15, 0.2) is 47.4 Å². The number of aryl methyl sites for hydroxylation is 1. The Kier molecular flexibility index (Phi) is 11.2. The van der Waals surface area contributed by atoms with E-state index in [1.54, 1.807) is 42.5 Å². The van der Waals surface area contributed by atoms with Crippen LogP contribution in [0.3, 0.4) is 0 Å². The number of sulfonamides is 1. The van der Waals surface area contributed by atoms with Gasteiger partial charge in [0.25, 0.3) is 15.9 Å². The quantitative estimate of drug-likeness (QED) is 0.316. The van der Waals surface area contributed by atoms with Crippen molar-refractivity contribution < 1.29 is 41.1 Å². The summed E-state index contributed by atoms with van der Waals surface area (Å²) in [6, 6.07) is 11.8. The topological polar surface area (TPSA) is 148 Å². The maximum atomic E-state index is 13.1. The van der Waals surface area contributed by atoms with Crippen LogP contribution in [0.1, 0.15) is 35.2 Å². The number of nitrogens with one attached hydrogen (secondary N) is 3. The number of carboxylic acid groups (broad SMARTS) is 1. The second-order valence-corrected chi connectivity index (χ2v) is 11.5. The number of likely N-dealkylation sites (tertiary alicyclic amines) is 1. The smallest absolute Gasteiger partial charge is 0.475 e. The van der Waals surface area contributed by atoms with Gasteiger partial charge in [-0.25, -0.2) is 13.2 Å². The number of carbonyl (C=O) groups is 3. The van der Waals surface area contributed by atoms with E-state index in [2.05, 4.69) is 20.3 Å². The molecule has 0 saturated carbocycles. The van der Waals surface area contributed by atoms with Crippen LogP contribution >= 0.6 is 0 Å².